The van der Waals surface area contributed by atoms with E-state index in [1.54, 1.807) is 43.3 Å². The first kappa shape index (κ1) is 20.7. The number of rotatable bonds is 7. The Bertz CT molecular complexity index is 899. The topological polar surface area (TPSA) is 79.0 Å². The normalized spacial score (nSPS) is 12.9. The van der Waals surface area contributed by atoms with Gasteiger partial charge in [-0.1, -0.05) is 12.1 Å². The second kappa shape index (κ2) is 9.47. The monoisotopic (exact) mass is 413 g/mol. The highest BCUT2D eigenvalue weighted by molar-refractivity contribution is 8.00. The molecule has 0 saturated carbocycles. The standard InChI is InChI=1S/C21H23N3O4S/c1-23(2)20(26)13-28-16-9-7-15(8-10-16)22-19(25)11-12-24-17-5-3-4-6-18(17)29-14-21(24)27/h3-10H,11-14H2,1-2H3,(H,22,25). The largest absolute Gasteiger partial charge is 0.484 e. The second-order valence-electron chi connectivity index (χ2n) is 6.70. The van der Waals surface area contributed by atoms with Gasteiger partial charge in [-0.25, -0.2) is 0 Å². The smallest absolute Gasteiger partial charge is 0.259 e. The molecule has 0 aromatic heterocycles. The zero-order valence-electron chi connectivity index (χ0n) is 16.4. The molecular weight excluding hydrogens is 390 g/mol. The fraction of sp³-hybridized carbons (Fsp3) is 0.286. The number of nitrogens with one attached hydrogen (secondary N) is 1. The highest BCUT2D eigenvalue weighted by Crippen LogP contribution is 2.34. The van der Waals surface area contributed by atoms with E-state index < -0.39 is 0 Å². The van der Waals surface area contributed by atoms with Gasteiger partial charge in [0.25, 0.3) is 5.91 Å². The van der Waals surface area contributed by atoms with Crippen LogP contribution >= 0.6 is 11.8 Å². The third-order valence-electron chi connectivity index (χ3n) is 4.37. The van der Waals surface area contributed by atoms with Crippen LogP contribution in [0.15, 0.2) is 53.4 Å². The molecule has 1 heterocycles. The van der Waals surface area contributed by atoms with Crippen LogP contribution in [0.3, 0.4) is 0 Å². The van der Waals surface area contributed by atoms with E-state index in [0.717, 1.165) is 10.6 Å². The molecular formula is C21H23N3O4S. The fourth-order valence-electron chi connectivity index (χ4n) is 2.74. The number of likely N-dealkylation sites (N-methyl/N-ethyl adjacent to an activating group) is 1. The summed E-state index contributed by atoms with van der Waals surface area (Å²) in [6.45, 7) is 0.290. The van der Waals surface area contributed by atoms with Crippen LogP contribution in [0.1, 0.15) is 6.42 Å². The highest BCUT2D eigenvalue weighted by atomic mass is 32.2. The van der Waals surface area contributed by atoms with Gasteiger partial charge < -0.3 is 19.9 Å². The van der Waals surface area contributed by atoms with Gasteiger partial charge in [0.15, 0.2) is 6.61 Å². The van der Waals surface area contributed by atoms with Crippen molar-refractivity contribution < 1.29 is 19.1 Å². The number of thioether (sulfide) groups is 1. The SMILES string of the molecule is CN(C)C(=O)COc1ccc(NC(=O)CCN2C(=O)CSc3ccccc32)cc1. The molecule has 0 aliphatic carbocycles. The van der Waals surface area contributed by atoms with E-state index >= 15 is 0 Å². The fourth-order valence-corrected chi connectivity index (χ4v) is 3.68. The number of carbonyl (C=O) groups excluding carboxylic acids is 3. The molecule has 3 rings (SSSR count). The number of hydrogen-bond acceptors (Lipinski definition) is 5. The maximum Gasteiger partial charge on any atom is 0.259 e. The Morgan fingerprint density at radius 2 is 1.86 bits per heavy atom. The Labute approximate surface area is 174 Å². The van der Waals surface area contributed by atoms with Crippen molar-refractivity contribution in [3.63, 3.8) is 0 Å². The van der Waals surface area contributed by atoms with Crippen LogP contribution in [0, 0.1) is 0 Å². The van der Waals surface area contributed by atoms with Crippen molar-refractivity contribution in [3.05, 3.63) is 48.5 Å². The van der Waals surface area contributed by atoms with E-state index in [2.05, 4.69) is 5.32 Å². The Morgan fingerprint density at radius 1 is 1.14 bits per heavy atom. The van der Waals surface area contributed by atoms with E-state index in [0.29, 0.717) is 23.7 Å². The zero-order valence-corrected chi connectivity index (χ0v) is 17.2. The Balaban J connectivity index is 1.51. The van der Waals surface area contributed by atoms with Gasteiger partial charge in [0.2, 0.25) is 11.8 Å². The molecule has 29 heavy (non-hydrogen) atoms. The first-order valence-corrected chi connectivity index (χ1v) is 10.2. The zero-order chi connectivity index (χ0) is 20.8. The van der Waals surface area contributed by atoms with Crippen LogP contribution in [-0.4, -0.2) is 55.6 Å². The van der Waals surface area contributed by atoms with E-state index in [1.807, 2.05) is 24.3 Å². The van der Waals surface area contributed by atoms with Crippen molar-refractivity contribution in [2.75, 3.05) is 43.2 Å². The predicted octanol–water partition coefficient (Wildman–Crippen LogP) is 2.62. The summed E-state index contributed by atoms with van der Waals surface area (Å²) in [5.74, 6) is 0.636. The maximum absolute atomic E-state index is 12.3. The average Bonchev–Trinajstić information content (AvgIpc) is 2.72. The first-order chi connectivity index (χ1) is 13.9. The molecule has 2 aromatic rings. The lowest BCUT2D eigenvalue weighted by atomic mass is 10.2. The first-order valence-electron chi connectivity index (χ1n) is 9.19. The van der Waals surface area contributed by atoms with E-state index in [-0.39, 0.29) is 30.7 Å². The molecule has 8 heteroatoms. The molecule has 0 spiro atoms. The van der Waals surface area contributed by atoms with Gasteiger partial charge in [0.05, 0.1) is 11.4 Å². The van der Waals surface area contributed by atoms with E-state index in [1.165, 1.54) is 16.7 Å². The van der Waals surface area contributed by atoms with E-state index in [4.69, 9.17) is 4.74 Å². The molecule has 1 N–H and O–H groups in total. The summed E-state index contributed by atoms with van der Waals surface area (Å²) < 4.78 is 5.41. The average molecular weight is 413 g/mol. The molecule has 1 aliphatic rings. The number of nitrogens with zero attached hydrogens (tertiary/aromatic N) is 2. The summed E-state index contributed by atoms with van der Waals surface area (Å²) in [5.41, 5.74) is 1.48. The molecule has 0 unspecified atom stereocenters. The van der Waals surface area contributed by atoms with Gasteiger partial charge in [0.1, 0.15) is 5.75 Å². The van der Waals surface area contributed by atoms with Crippen LogP contribution in [0.5, 0.6) is 5.75 Å². The van der Waals surface area contributed by atoms with Crippen LogP contribution < -0.4 is 15.0 Å². The lowest BCUT2D eigenvalue weighted by Crippen LogP contribution is -2.37. The summed E-state index contributed by atoms with van der Waals surface area (Å²) in [7, 11) is 3.33. The molecule has 2 aromatic carbocycles. The van der Waals surface area contributed by atoms with Crippen molar-refractivity contribution >= 4 is 40.9 Å². The van der Waals surface area contributed by atoms with Crippen LogP contribution in [0.25, 0.3) is 0 Å². The number of hydrogen-bond donors (Lipinski definition) is 1. The summed E-state index contributed by atoms with van der Waals surface area (Å²) in [6, 6.07) is 14.5. The second-order valence-corrected chi connectivity index (χ2v) is 7.72. The third kappa shape index (κ3) is 5.51. The number of fused-ring (bicyclic) bond motifs is 1. The van der Waals surface area contributed by atoms with Crippen molar-refractivity contribution in [2.24, 2.45) is 0 Å². The molecule has 0 atom stereocenters. The van der Waals surface area contributed by atoms with Crippen molar-refractivity contribution in [1.82, 2.24) is 4.90 Å². The van der Waals surface area contributed by atoms with Gasteiger partial charge in [-0.05, 0) is 36.4 Å². The van der Waals surface area contributed by atoms with Gasteiger partial charge in [0, 0.05) is 37.6 Å². The van der Waals surface area contributed by atoms with E-state index in [9.17, 15) is 14.4 Å². The lowest BCUT2D eigenvalue weighted by Gasteiger charge is -2.28. The van der Waals surface area contributed by atoms with Gasteiger partial charge >= 0.3 is 0 Å². The summed E-state index contributed by atoms with van der Waals surface area (Å²) in [6.07, 6.45) is 0.195. The van der Waals surface area contributed by atoms with Crippen LogP contribution in [0.2, 0.25) is 0 Å². The summed E-state index contributed by atoms with van der Waals surface area (Å²) in [4.78, 5) is 40.3. The van der Waals surface area contributed by atoms with Gasteiger partial charge in [-0.15, -0.1) is 11.8 Å². The molecule has 0 radical (unpaired) electrons. The number of ether oxygens (including phenoxy) is 1. The molecule has 0 saturated heterocycles. The molecule has 7 nitrogen and oxygen atoms in total. The summed E-state index contributed by atoms with van der Waals surface area (Å²) in [5, 5.41) is 2.82. The minimum Gasteiger partial charge on any atom is -0.484 e. The van der Waals surface area contributed by atoms with Crippen molar-refractivity contribution in [3.8, 4) is 5.75 Å². The maximum atomic E-state index is 12.3. The highest BCUT2D eigenvalue weighted by Gasteiger charge is 2.24. The van der Waals surface area contributed by atoms with Gasteiger partial charge in [-0.2, -0.15) is 0 Å². The third-order valence-corrected chi connectivity index (χ3v) is 5.42. The Morgan fingerprint density at radius 3 is 2.59 bits per heavy atom. The quantitative estimate of drug-likeness (QED) is 0.755. The summed E-state index contributed by atoms with van der Waals surface area (Å²) >= 11 is 1.52. The minimum atomic E-state index is -0.176. The number of amides is 3. The van der Waals surface area contributed by atoms with Crippen LogP contribution in [-0.2, 0) is 14.4 Å². The molecule has 0 bridgehead atoms. The van der Waals surface area contributed by atoms with Gasteiger partial charge in [-0.3, -0.25) is 14.4 Å². The van der Waals surface area contributed by atoms with Crippen molar-refractivity contribution in [1.29, 1.82) is 0 Å². The number of benzene rings is 2. The predicted molar refractivity (Wildman–Crippen MR) is 113 cm³/mol. The lowest BCUT2D eigenvalue weighted by molar-refractivity contribution is -0.130. The number of anilines is 2. The van der Waals surface area contributed by atoms with Crippen molar-refractivity contribution in [2.45, 2.75) is 11.3 Å². The number of para-hydroxylation sites is 1. The molecule has 1 aliphatic heterocycles. The number of carbonyl (C=O) groups is 3. The minimum absolute atomic E-state index is 0.00951. The molecule has 0 fully saturated rings. The Hall–Kier alpha value is -3.00. The Kier molecular flexibility index (Phi) is 6.77. The van der Waals surface area contributed by atoms with Crippen LogP contribution in [0.4, 0.5) is 11.4 Å². The molecule has 152 valence electrons. The molecule has 3 amide bonds.